The van der Waals surface area contributed by atoms with Crippen molar-refractivity contribution in [3.05, 3.63) is 60.1 Å². The van der Waals surface area contributed by atoms with Crippen LogP contribution in [-0.2, 0) is 0 Å². The van der Waals surface area contributed by atoms with Crippen LogP contribution < -0.4 is 10.2 Å². The van der Waals surface area contributed by atoms with E-state index in [0.29, 0.717) is 11.4 Å². The maximum atomic E-state index is 12.6. The first kappa shape index (κ1) is 19.1. The van der Waals surface area contributed by atoms with E-state index in [2.05, 4.69) is 43.8 Å². The molecule has 1 fully saturated rings. The average Bonchev–Trinajstić information content (AvgIpc) is 2.64. The number of halogens is 2. The number of benzene rings is 2. The maximum Gasteiger partial charge on any atom is 0.293 e. The lowest BCUT2D eigenvalue weighted by atomic mass is 10.1. The highest BCUT2D eigenvalue weighted by molar-refractivity contribution is 14.1. The van der Waals surface area contributed by atoms with Gasteiger partial charge in [-0.05, 0) is 72.2 Å². The van der Waals surface area contributed by atoms with Crippen molar-refractivity contribution in [2.75, 3.05) is 23.3 Å². The van der Waals surface area contributed by atoms with Crippen LogP contribution in [-0.4, -0.2) is 23.9 Å². The number of nitrogens with zero attached hydrogens (tertiary/aromatic N) is 2. The smallest absolute Gasteiger partial charge is 0.293 e. The Kier molecular flexibility index (Phi) is 6.13. The van der Waals surface area contributed by atoms with Crippen molar-refractivity contribution in [3.8, 4) is 0 Å². The molecular weight excluding hydrogens is 513 g/mol. The molecule has 0 aromatic heterocycles. The van der Waals surface area contributed by atoms with E-state index in [4.69, 9.17) is 0 Å². The molecule has 136 valence electrons. The van der Waals surface area contributed by atoms with Crippen LogP contribution in [0, 0.1) is 13.7 Å². The SMILES string of the molecule is O=C(Nc1ccc(Br)cc1I)c1ccc(N2CCCCC2)c([N+](=O)[O-])c1. The molecule has 26 heavy (non-hydrogen) atoms. The van der Waals surface area contributed by atoms with Gasteiger partial charge in [0.25, 0.3) is 11.6 Å². The average molecular weight is 530 g/mol. The van der Waals surface area contributed by atoms with Crippen molar-refractivity contribution in [2.24, 2.45) is 0 Å². The van der Waals surface area contributed by atoms with Crippen LogP contribution in [0.4, 0.5) is 17.1 Å². The molecule has 0 aliphatic carbocycles. The van der Waals surface area contributed by atoms with Crippen molar-refractivity contribution in [2.45, 2.75) is 19.3 Å². The molecule has 1 saturated heterocycles. The second-order valence-electron chi connectivity index (χ2n) is 6.09. The van der Waals surface area contributed by atoms with Gasteiger partial charge < -0.3 is 10.2 Å². The lowest BCUT2D eigenvalue weighted by Gasteiger charge is -2.28. The minimum Gasteiger partial charge on any atom is -0.366 e. The molecule has 0 spiro atoms. The molecule has 1 aliphatic heterocycles. The van der Waals surface area contributed by atoms with E-state index >= 15 is 0 Å². The van der Waals surface area contributed by atoms with Gasteiger partial charge in [0.2, 0.25) is 0 Å². The third-order valence-corrected chi connectivity index (χ3v) is 5.70. The van der Waals surface area contributed by atoms with E-state index < -0.39 is 4.92 Å². The number of nitro benzene ring substituents is 1. The summed E-state index contributed by atoms with van der Waals surface area (Å²) in [5, 5.41) is 14.3. The Hall–Kier alpha value is -1.68. The van der Waals surface area contributed by atoms with Gasteiger partial charge in [-0.3, -0.25) is 14.9 Å². The number of hydrogen-bond donors (Lipinski definition) is 1. The van der Waals surface area contributed by atoms with Gasteiger partial charge in [0.1, 0.15) is 5.69 Å². The fraction of sp³-hybridized carbons (Fsp3) is 0.278. The quantitative estimate of drug-likeness (QED) is 0.335. The zero-order valence-electron chi connectivity index (χ0n) is 13.9. The summed E-state index contributed by atoms with van der Waals surface area (Å²) in [5.41, 5.74) is 1.51. The van der Waals surface area contributed by atoms with Crippen LogP contribution in [0.5, 0.6) is 0 Å². The van der Waals surface area contributed by atoms with Crippen LogP contribution in [0.15, 0.2) is 40.9 Å². The number of hydrogen-bond acceptors (Lipinski definition) is 4. The molecule has 0 atom stereocenters. The molecule has 6 nitrogen and oxygen atoms in total. The fourth-order valence-electron chi connectivity index (χ4n) is 3.00. The minimum atomic E-state index is -0.413. The number of piperidine rings is 1. The second-order valence-corrected chi connectivity index (χ2v) is 8.16. The van der Waals surface area contributed by atoms with Gasteiger partial charge in [-0.25, -0.2) is 0 Å². The highest BCUT2D eigenvalue weighted by Crippen LogP contribution is 2.32. The molecule has 1 amide bonds. The highest BCUT2D eigenvalue weighted by Gasteiger charge is 2.23. The summed E-state index contributed by atoms with van der Waals surface area (Å²) < 4.78 is 1.80. The summed E-state index contributed by atoms with van der Waals surface area (Å²) in [6, 6.07) is 10.2. The zero-order chi connectivity index (χ0) is 18.7. The molecule has 2 aromatic rings. The van der Waals surface area contributed by atoms with Crippen molar-refractivity contribution in [1.82, 2.24) is 0 Å². The normalized spacial score (nSPS) is 14.2. The Morgan fingerprint density at radius 1 is 1.15 bits per heavy atom. The molecule has 1 aliphatic rings. The van der Waals surface area contributed by atoms with Crippen molar-refractivity contribution >= 4 is 61.5 Å². The topological polar surface area (TPSA) is 75.5 Å². The van der Waals surface area contributed by atoms with E-state index in [1.54, 1.807) is 18.2 Å². The van der Waals surface area contributed by atoms with Crippen molar-refractivity contribution in [3.63, 3.8) is 0 Å². The van der Waals surface area contributed by atoms with Crippen LogP contribution in [0.25, 0.3) is 0 Å². The number of nitro groups is 1. The fourth-order valence-corrected chi connectivity index (χ4v) is 4.44. The van der Waals surface area contributed by atoms with Gasteiger partial charge in [0.05, 0.1) is 10.6 Å². The van der Waals surface area contributed by atoms with E-state index in [0.717, 1.165) is 40.4 Å². The number of carbonyl (C=O) groups excluding carboxylic acids is 1. The van der Waals surface area contributed by atoms with Crippen LogP contribution in [0.2, 0.25) is 0 Å². The molecule has 8 heteroatoms. The van der Waals surface area contributed by atoms with E-state index in [9.17, 15) is 14.9 Å². The van der Waals surface area contributed by atoms with Crippen molar-refractivity contribution in [1.29, 1.82) is 0 Å². The molecule has 1 heterocycles. The van der Waals surface area contributed by atoms with Gasteiger partial charge in [0, 0.05) is 32.8 Å². The second kappa shape index (κ2) is 8.34. The zero-order valence-corrected chi connectivity index (χ0v) is 17.6. The van der Waals surface area contributed by atoms with Gasteiger partial charge >= 0.3 is 0 Å². The highest BCUT2D eigenvalue weighted by atomic mass is 127. The summed E-state index contributed by atoms with van der Waals surface area (Å²) in [4.78, 5) is 25.7. The molecule has 0 radical (unpaired) electrons. The summed E-state index contributed by atoms with van der Waals surface area (Å²) in [6.45, 7) is 1.62. The third kappa shape index (κ3) is 4.35. The minimum absolute atomic E-state index is 0.0231. The van der Waals surface area contributed by atoms with Crippen LogP contribution >= 0.6 is 38.5 Å². The maximum absolute atomic E-state index is 12.6. The van der Waals surface area contributed by atoms with Gasteiger partial charge in [-0.2, -0.15) is 0 Å². The Morgan fingerprint density at radius 2 is 1.88 bits per heavy atom. The number of anilines is 2. The van der Waals surface area contributed by atoms with Crippen molar-refractivity contribution < 1.29 is 9.72 Å². The predicted octanol–water partition coefficient (Wildman–Crippen LogP) is 5.20. The third-order valence-electron chi connectivity index (χ3n) is 4.31. The van der Waals surface area contributed by atoms with Crippen LogP contribution in [0.1, 0.15) is 29.6 Å². The molecule has 2 aromatic carbocycles. The number of carbonyl (C=O) groups is 1. The number of amides is 1. The first-order valence-corrected chi connectivity index (χ1v) is 10.1. The Bertz CT molecular complexity index is 854. The molecular formula is C18H17BrIN3O3. The predicted molar refractivity (Wildman–Crippen MR) is 114 cm³/mol. The number of rotatable bonds is 4. The van der Waals surface area contributed by atoms with E-state index in [1.165, 1.54) is 6.07 Å². The molecule has 0 bridgehead atoms. The van der Waals surface area contributed by atoms with Gasteiger partial charge in [-0.1, -0.05) is 15.9 Å². The summed E-state index contributed by atoms with van der Waals surface area (Å²) in [7, 11) is 0. The summed E-state index contributed by atoms with van der Waals surface area (Å²) >= 11 is 5.51. The van der Waals surface area contributed by atoms with Gasteiger partial charge in [-0.15, -0.1) is 0 Å². The summed E-state index contributed by atoms with van der Waals surface area (Å²) in [6.07, 6.45) is 3.21. The molecule has 0 unspecified atom stereocenters. The monoisotopic (exact) mass is 529 g/mol. The largest absolute Gasteiger partial charge is 0.366 e. The van der Waals surface area contributed by atoms with E-state index in [1.807, 2.05) is 17.0 Å². The standard InChI is InChI=1S/C18H17BrIN3O3/c19-13-5-6-15(14(20)11-13)21-18(24)12-4-7-16(17(10-12)23(25)26)22-8-2-1-3-9-22/h4-7,10-11H,1-3,8-9H2,(H,21,24). The molecule has 1 N–H and O–H groups in total. The lowest BCUT2D eigenvalue weighted by molar-refractivity contribution is -0.384. The van der Waals surface area contributed by atoms with E-state index in [-0.39, 0.29) is 17.2 Å². The number of nitrogens with one attached hydrogen (secondary N) is 1. The first-order valence-electron chi connectivity index (χ1n) is 8.25. The Morgan fingerprint density at radius 3 is 2.54 bits per heavy atom. The molecule has 0 saturated carbocycles. The Balaban J connectivity index is 1.86. The lowest BCUT2D eigenvalue weighted by Crippen LogP contribution is -2.30. The van der Waals surface area contributed by atoms with Gasteiger partial charge in [0.15, 0.2) is 0 Å². The molecule has 3 rings (SSSR count). The summed E-state index contributed by atoms with van der Waals surface area (Å²) in [5.74, 6) is -0.362. The van der Waals surface area contributed by atoms with Crippen LogP contribution in [0.3, 0.4) is 0 Å². The first-order chi connectivity index (χ1) is 12.5. The Labute approximate surface area is 173 Å².